The molecule has 0 bridgehead atoms. The van der Waals surface area contributed by atoms with Crippen molar-refractivity contribution in [2.24, 2.45) is 11.7 Å². The molecule has 0 aromatic carbocycles. The van der Waals surface area contributed by atoms with Crippen molar-refractivity contribution in [3.8, 4) is 0 Å². The molecule has 122 valence electrons. The van der Waals surface area contributed by atoms with E-state index in [4.69, 9.17) is 5.73 Å². The predicted molar refractivity (Wildman–Crippen MR) is 90.1 cm³/mol. The van der Waals surface area contributed by atoms with E-state index in [9.17, 15) is 9.59 Å². The van der Waals surface area contributed by atoms with Crippen molar-refractivity contribution in [2.45, 2.75) is 26.2 Å². The molecule has 0 unspecified atom stereocenters. The molecule has 1 saturated heterocycles. The molecule has 3 rings (SSSR count). The Hall–Kier alpha value is -1.89. The highest BCUT2D eigenvalue weighted by Gasteiger charge is 2.29. The van der Waals surface area contributed by atoms with E-state index < -0.39 is 0 Å². The largest absolute Gasteiger partial charge is 0.369 e. The van der Waals surface area contributed by atoms with Gasteiger partial charge in [0.25, 0.3) is 5.91 Å². The zero-order chi connectivity index (χ0) is 16.6. The van der Waals surface area contributed by atoms with Crippen LogP contribution in [0.15, 0.2) is 22.8 Å². The number of hydrogen-bond donors (Lipinski definition) is 1. The van der Waals surface area contributed by atoms with Crippen LogP contribution in [0.3, 0.4) is 0 Å². The Morgan fingerprint density at radius 3 is 2.65 bits per heavy atom. The number of piperidine rings is 1. The summed E-state index contributed by atoms with van der Waals surface area (Å²) < 4.78 is 2.73. The zero-order valence-corrected chi connectivity index (χ0v) is 14.5. The Morgan fingerprint density at radius 1 is 1.35 bits per heavy atom. The van der Waals surface area contributed by atoms with Crippen LogP contribution in [0.25, 0.3) is 5.65 Å². The van der Waals surface area contributed by atoms with Gasteiger partial charge in [-0.2, -0.15) is 0 Å². The van der Waals surface area contributed by atoms with Crippen LogP contribution in [0.1, 0.15) is 35.9 Å². The van der Waals surface area contributed by atoms with Crippen LogP contribution in [-0.2, 0) is 11.2 Å². The lowest BCUT2D eigenvalue weighted by atomic mass is 9.96. The first-order chi connectivity index (χ1) is 11.0. The van der Waals surface area contributed by atoms with E-state index in [0.717, 1.165) is 15.8 Å². The van der Waals surface area contributed by atoms with Gasteiger partial charge in [0.05, 0.1) is 5.69 Å². The molecule has 2 aromatic heterocycles. The van der Waals surface area contributed by atoms with Crippen molar-refractivity contribution in [2.75, 3.05) is 13.1 Å². The summed E-state index contributed by atoms with van der Waals surface area (Å²) in [4.78, 5) is 30.6. The highest BCUT2D eigenvalue weighted by Crippen LogP contribution is 2.22. The number of primary amides is 1. The van der Waals surface area contributed by atoms with Gasteiger partial charge in [-0.25, -0.2) is 4.98 Å². The van der Waals surface area contributed by atoms with Gasteiger partial charge >= 0.3 is 0 Å². The van der Waals surface area contributed by atoms with E-state index in [1.54, 1.807) is 4.90 Å². The minimum Gasteiger partial charge on any atom is -0.369 e. The number of imidazole rings is 1. The summed E-state index contributed by atoms with van der Waals surface area (Å²) in [5.41, 5.74) is 7.53. The summed E-state index contributed by atoms with van der Waals surface area (Å²) in [6.45, 7) is 3.10. The van der Waals surface area contributed by atoms with E-state index in [-0.39, 0.29) is 17.7 Å². The van der Waals surface area contributed by atoms with Crippen LogP contribution in [0, 0.1) is 5.92 Å². The van der Waals surface area contributed by atoms with Gasteiger partial charge in [-0.05, 0) is 47.3 Å². The maximum atomic E-state index is 13.0. The van der Waals surface area contributed by atoms with Crippen molar-refractivity contribution in [1.29, 1.82) is 0 Å². The summed E-state index contributed by atoms with van der Waals surface area (Å²) in [6, 6.07) is 3.80. The number of nitrogens with two attached hydrogens (primary N) is 1. The van der Waals surface area contributed by atoms with Crippen LogP contribution in [0.2, 0.25) is 0 Å². The number of fused-ring (bicyclic) bond motifs is 1. The first-order valence-electron chi connectivity index (χ1n) is 7.76. The monoisotopic (exact) mass is 378 g/mol. The second-order valence-corrected chi connectivity index (χ2v) is 6.72. The first kappa shape index (κ1) is 16.0. The van der Waals surface area contributed by atoms with Gasteiger partial charge in [0.1, 0.15) is 11.3 Å². The van der Waals surface area contributed by atoms with E-state index >= 15 is 0 Å². The molecule has 6 nitrogen and oxygen atoms in total. The Kier molecular flexibility index (Phi) is 4.39. The minimum atomic E-state index is -0.273. The van der Waals surface area contributed by atoms with Gasteiger partial charge in [-0.15, -0.1) is 0 Å². The molecule has 23 heavy (non-hydrogen) atoms. The summed E-state index contributed by atoms with van der Waals surface area (Å²) in [7, 11) is 0. The van der Waals surface area contributed by atoms with E-state index in [1.165, 1.54) is 0 Å². The normalized spacial score (nSPS) is 16.0. The highest BCUT2D eigenvalue weighted by molar-refractivity contribution is 9.10. The van der Waals surface area contributed by atoms with Crippen LogP contribution in [-0.4, -0.2) is 39.2 Å². The van der Waals surface area contributed by atoms with E-state index in [0.29, 0.717) is 38.0 Å². The molecule has 0 saturated carbocycles. The van der Waals surface area contributed by atoms with Crippen molar-refractivity contribution in [3.05, 3.63) is 34.2 Å². The maximum Gasteiger partial charge on any atom is 0.272 e. The number of halogens is 1. The molecule has 1 aliphatic rings. The smallest absolute Gasteiger partial charge is 0.272 e. The molecule has 0 aliphatic carbocycles. The van der Waals surface area contributed by atoms with Crippen molar-refractivity contribution >= 4 is 33.4 Å². The lowest BCUT2D eigenvalue weighted by Gasteiger charge is -2.30. The number of pyridine rings is 1. The fraction of sp³-hybridized carbons (Fsp3) is 0.438. The molecular formula is C16H19BrN4O2. The van der Waals surface area contributed by atoms with Crippen molar-refractivity contribution < 1.29 is 9.59 Å². The van der Waals surface area contributed by atoms with Gasteiger partial charge in [-0.1, -0.05) is 6.92 Å². The summed E-state index contributed by atoms with van der Waals surface area (Å²) in [5.74, 6) is -0.429. The van der Waals surface area contributed by atoms with Crippen LogP contribution in [0.5, 0.6) is 0 Å². The SMILES string of the molecule is CCc1nc2ccc(Br)cn2c1C(=O)N1CCC(C(N)=O)CC1. The second-order valence-electron chi connectivity index (χ2n) is 5.81. The molecule has 0 atom stereocenters. The Balaban J connectivity index is 1.92. The van der Waals surface area contributed by atoms with Crippen molar-refractivity contribution in [3.63, 3.8) is 0 Å². The molecule has 0 spiro atoms. The lowest BCUT2D eigenvalue weighted by Crippen LogP contribution is -2.42. The molecule has 3 heterocycles. The van der Waals surface area contributed by atoms with Gasteiger partial charge in [0, 0.05) is 29.7 Å². The number of aryl methyl sites for hydroxylation is 1. The van der Waals surface area contributed by atoms with Gasteiger partial charge in [0.2, 0.25) is 5.91 Å². The third-order valence-corrected chi connectivity index (χ3v) is 4.85. The third-order valence-electron chi connectivity index (χ3n) is 4.38. The van der Waals surface area contributed by atoms with Gasteiger partial charge < -0.3 is 10.6 Å². The number of nitrogens with zero attached hydrogens (tertiary/aromatic N) is 3. The number of likely N-dealkylation sites (tertiary alicyclic amines) is 1. The molecule has 2 amide bonds. The Labute approximate surface area is 142 Å². The third kappa shape index (κ3) is 2.97. The first-order valence-corrected chi connectivity index (χ1v) is 8.55. The average molecular weight is 379 g/mol. The number of hydrogen-bond acceptors (Lipinski definition) is 3. The van der Waals surface area contributed by atoms with Crippen LogP contribution in [0.4, 0.5) is 0 Å². The summed E-state index contributed by atoms with van der Waals surface area (Å²) >= 11 is 3.44. The number of amides is 2. The molecule has 2 N–H and O–H groups in total. The van der Waals surface area contributed by atoms with Crippen molar-refractivity contribution in [1.82, 2.24) is 14.3 Å². The fourth-order valence-corrected chi connectivity index (χ4v) is 3.39. The summed E-state index contributed by atoms with van der Waals surface area (Å²) in [5, 5.41) is 0. The predicted octanol–water partition coefficient (Wildman–Crippen LogP) is 2.00. The summed E-state index contributed by atoms with van der Waals surface area (Å²) in [6.07, 6.45) is 3.81. The average Bonchev–Trinajstić information content (AvgIpc) is 2.91. The van der Waals surface area contributed by atoms with Crippen LogP contribution >= 0.6 is 15.9 Å². The molecule has 7 heteroatoms. The quantitative estimate of drug-likeness (QED) is 0.886. The number of carbonyl (C=O) groups is 2. The lowest BCUT2D eigenvalue weighted by molar-refractivity contribution is -0.123. The van der Waals surface area contributed by atoms with Gasteiger partial charge in [-0.3, -0.25) is 14.0 Å². The fourth-order valence-electron chi connectivity index (χ4n) is 3.06. The van der Waals surface area contributed by atoms with E-state index in [1.807, 2.05) is 29.7 Å². The topological polar surface area (TPSA) is 80.7 Å². The molecule has 0 radical (unpaired) electrons. The van der Waals surface area contributed by atoms with Gasteiger partial charge in [0.15, 0.2) is 0 Å². The molecular weight excluding hydrogens is 360 g/mol. The zero-order valence-electron chi connectivity index (χ0n) is 13.0. The standard InChI is InChI=1S/C16H19BrN4O2/c1-2-12-14(21-9-11(17)3-4-13(21)19-12)16(23)20-7-5-10(6-8-20)15(18)22/h3-4,9-10H,2,5-8H2,1H3,(H2,18,22). The minimum absolute atomic E-state index is 0.0321. The highest BCUT2D eigenvalue weighted by atomic mass is 79.9. The van der Waals surface area contributed by atoms with Crippen LogP contribution < -0.4 is 5.73 Å². The molecule has 1 fully saturated rings. The second kappa shape index (κ2) is 6.31. The maximum absolute atomic E-state index is 13.0. The Morgan fingerprint density at radius 2 is 2.04 bits per heavy atom. The Bertz CT molecular complexity index is 763. The number of carbonyl (C=O) groups excluding carboxylic acids is 2. The number of rotatable bonds is 3. The number of aromatic nitrogens is 2. The molecule has 1 aliphatic heterocycles. The van der Waals surface area contributed by atoms with E-state index in [2.05, 4.69) is 20.9 Å². The molecule has 2 aromatic rings.